The number of rotatable bonds is 10. The van der Waals surface area contributed by atoms with E-state index in [-0.39, 0.29) is 65.6 Å². The Hall–Kier alpha value is -2.38. The summed E-state index contributed by atoms with van der Waals surface area (Å²) in [6, 6.07) is 3.41. The number of carbonyl (C=O) groups is 6. The molecule has 7 amide bonds. The predicted molar refractivity (Wildman–Crippen MR) is 151 cm³/mol. The van der Waals surface area contributed by atoms with Gasteiger partial charge in [0.05, 0.1) is 0 Å². The van der Waals surface area contributed by atoms with Gasteiger partial charge in [0.1, 0.15) is 24.8 Å². The molecule has 1 aromatic rings. The maximum atomic E-state index is 14.0. The molecule has 4 N–H and O–H groups in total. The average molecular weight is 624 g/mol. The number of quaternary nitrogens is 1. The number of likely N-dealkylation sites (N-methyl/N-ethyl adjacent to an activating group) is 1. The van der Waals surface area contributed by atoms with E-state index in [1.807, 2.05) is 0 Å². The molecule has 0 saturated carbocycles. The van der Waals surface area contributed by atoms with Crippen molar-refractivity contribution in [1.29, 1.82) is 0 Å². The molecule has 2 unspecified atom stereocenters. The third kappa shape index (κ3) is 6.83. The summed E-state index contributed by atoms with van der Waals surface area (Å²) in [5, 5.41) is 2.25. The zero-order valence-electron chi connectivity index (χ0n) is 21.9. The van der Waals surface area contributed by atoms with Gasteiger partial charge in [0.25, 0.3) is 5.91 Å². The quantitative estimate of drug-likeness (QED) is 0.0846. The van der Waals surface area contributed by atoms with Gasteiger partial charge in [0.15, 0.2) is 0 Å². The monoisotopic (exact) mass is 623 g/mol. The number of nitrogens with one attached hydrogen (secondary N) is 1. The Balaban J connectivity index is 0.00000588. The number of β-lactam (4-membered cyclic amide) rings is 1. The number of nitrogens with zero attached hydrogens (tertiary/aromatic N) is 4. The van der Waals surface area contributed by atoms with Gasteiger partial charge < -0.3 is 16.0 Å². The molecule has 2 fully saturated rings. The van der Waals surface area contributed by atoms with E-state index in [0.717, 1.165) is 0 Å². The second-order valence-corrected chi connectivity index (χ2v) is 11.4. The van der Waals surface area contributed by atoms with Crippen LogP contribution in [0.4, 0.5) is 10.5 Å². The minimum atomic E-state index is -4.97. The van der Waals surface area contributed by atoms with Crippen molar-refractivity contribution in [2.24, 2.45) is 5.73 Å². The molecular weight excluding hydrogens is 591 g/mol. The fraction of sp³-hybridized carbons (Fsp3) is 0.478. The van der Waals surface area contributed by atoms with Gasteiger partial charge >= 0.3 is 69.5 Å². The summed E-state index contributed by atoms with van der Waals surface area (Å²) in [5.41, 5.74) is 6.16. The summed E-state index contributed by atoms with van der Waals surface area (Å²) in [6.07, 6.45) is 1.90. The SMILES string of the molecule is CCN1CCN(C(=O)NCC(=O)[N+](C(=O)[C@@H](N)CCSC)(c2ccccc2)C2CN(S(=O)(=O)O)C2=O)C(=O)C1=O.[NaH]. The first-order valence-electron chi connectivity index (χ1n) is 12.3. The molecule has 0 aromatic heterocycles. The van der Waals surface area contributed by atoms with E-state index in [9.17, 15) is 41.7 Å². The van der Waals surface area contributed by atoms with E-state index < -0.39 is 75.5 Å². The topological polar surface area (TPSA) is 205 Å². The summed E-state index contributed by atoms with van der Waals surface area (Å²) < 4.78 is 31.5. The van der Waals surface area contributed by atoms with Crippen molar-refractivity contribution in [2.45, 2.75) is 25.4 Å². The molecule has 0 spiro atoms. The number of hydrogen-bond donors (Lipinski definition) is 3. The van der Waals surface area contributed by atoms with Crippen molar-refractivity contribution in [1.82, 2.24) is 23.9 Å². The van der Waals surface area contributed by atoms with E-state index in [4.69, 9.17) is 5.73 Å². The Morgan fingerprint density at radius 2 is 1.78 bits per heavy atom. The Morgan fingerprint density at radius 1 is 1.15 bits per heavy atom. The van der Waals surface area contributed by atoms with Gasteiger partial charge in [-0.15, -0.1) is 0 Å². The molecular formula is C23H32N6NaO9S2+. The van der Waals surface area contributed by atoms with Gasteiger partial charge in [0.2, 0.25) is 6.04 Å². The van der Waals surface area contributed by atoms with Crippen molar-refractivity contribution >= 4 is 92.9 Å². The second-order valence-electron chi connectivity index (χ2n) is 9.04. The second kappa shape index (κ2) is 14.2. The Bertz CT molecular complexity index is 1320. The Kier molecular flexibility index (Phi) is 12.1. The summed E-state index contributed by atoms with van der Waals surface area (Å²) in [6.45, 7) is 0.327. The Morgan fingerprint density at radius 3 is 2.32 bits per heavy atom. The van der Waals surface area contributed by atoms with Crippen LogP contribution in [-0.2, 0) is 34.3 Å². The number of piperazine rings is 1. The van der Waals surface area contributed by atoms with Gasteiger partial charge in [-0.05, 0) is 25.4 Å². The van der Waals surface area contributed by atoms with Crippen LogP contribution in [0.3, 0.4) is 0 Å². The zero-order valence-corrected chi connectivity index (χ0v) is 23.5. The van der Waals surface area contributed by atoms with Crippen LogP contribution in [0.15, 0.2) is 30.3 Å². The van der Waals surface area contributed by atoms with Crippen molar-refractivity contribution in [3.8, 4) is 0 Å². The number of benzene rings is 1. The predicted octanol–water partition coefficient (Wildman–Crippen LogP) is -2.11. The molecule has 0 radical (unpaired) electrons. The molecule has 0 bridgehead atoms. The molecule has 0 aliphatic carbocycles. The molecule has 220 valence electrons. The van der Waals surface area contributed by atoms with E-state index in [2.05, 4.69) is 5.32 Å². The number of para-hydroxylation sites is 1. The van der Waals surface area contributed by atoms with E-state index in [1.165, 1.54) is 40.9 Å². The van der Waals surface area contributed by atoms with E-state index in [1.54, 1.807) is 19.2 Å². The number of amides is 7. The standard InChI is InChI=1S/C23H30N6O9S2.Na.H/c1-3-26-10-11-27(21(33)20(26)32)23(35)25-13-18(30)29(15-7-5-4-6-8-15,22(34)16(24)9-12-39-2)17-14-28(19(17)31)40(36,37)38;;/h4-8,16-17H,3,9-14,24H2,1-2H3,(H-,25,35,36,37,38);;/p+1/t16-,17?,29?;;/m0../s1. The van der Waals surface area contributed by atoms with Gasteiger partial charge in [-0.3, -0.25) is 23.8 Å². The summed E-state index contributed by atoms with van der Waals surface area (Å²) in [5.74, 6) is -4.71. The van der Waals surface area contributed by atoms with Gasteiger partial charge in [-0.25, -0.2) is 18.7 Å². The van der Waals surface area contributed by atoms with Crippen molar-refractivity contribution < 1.29 is 41.7 Å². The van der Waals surface area contributed by atoms with Crippen LogP contribution < -0.4 is 15.5 Å². The first-order chi connectivity index (χ1) is 18.8. The number of hydrogen-bond acceptors (Lipinski definition) is 10. The molecule has 3 atom stereocenters. The third-order valence-electron chi connectivity index (χ3n) is 6.80. The summed E-state index contributed by atoms with van der Waals surface area (Å²) in [7, 11) is -4.97. The van der Waals surface area contributed by atoms with Gasteiger partial charge in [-0.1, -0.05) is 18.2 Å². The molecule has 2 aliphatic rings. The number of imide groups is 2. The first kappa shape index (κ1) is 34.8. The van der Waals surface area contributed by atoms with Crippen LogP contribution in [0.2, 0.25) is 0 Å². The van der Waals surface area contributed by atoms with E-state index >= 15 is 0 Å². The molecule has 2 aliphatic heterocycles. The van der Waals surface area contributed by atoms with Crippen LogP contribution in [0.5, 0.6) is 0 Å². The molecule has 2 saturated heterocycles. The van der Waals surface area contributed by atoms with Crippen LogP contribution >= 0.6 is 11.8 Å². The summed E-state index contributed by atoms with van der Waals surface area (Å²) in [4.78, 5) is 80.3. The minimum absolute atomic E-state index is 0. The zero-order chi connectivity index (χ0) is 29.8. The normalized spacial score (nSPS) is 19.6. The number of urea groups is 1. The maximum absolute atomic E-state index is 14.0. The fourth-order valence-corrected chi connectivity index (χ4v) is 5.78. The third-order valence-corrected chi connectivity index (χ3v) is 8.33. The summed E-state index contributed by atoms with van der Waals surface area (Å²) >= 11 is 1.39. The van der Waals surface area contributed by atoms with E-state index in [0.29, 0.717) is 10.7 Å². The number of carbonyl (C=O) groups excluding carboxylic acids is 6. The molecule has 15 nitrogen and oxygen atoms in total. The molecule has 1 aromatic carbocycles. The fourth-order valence-electron chi connectivity index (χ4n) is 4.61. The first-order valence-corrected chi connectivity index (χ1v) is 15.1. The average Bonchev–Trinajstić information content (AvgIpc) is 2.92. The molecule has 2 heterocycles. The van der Waals surface area contributed by atoms with Crippen LogP contribution in [-0.4, -0.2) is 149 Å². The van der Waals surface area contributed by atoms with Crippen molar-refractivity contribution in [3.05, 3.63) is 30.3 Å². The van der Waals surface area contributed by atoms with Crippen molar-refractivity contribution in [2.75, 3.05) is 44.7 Å². The Labute approximate surface area is 263 Å². The van der Waals surface area contributed by atoms with Crippen LogP contribution in [0.25, 0.3) is 0 Å². The molecule has 41 heavy (non-hydrogen) atoms. The number of nitrogens with two attached hydrogens (primary N) is 1. The van der Waals surface area contributed by atoms with Crippen molar-refractivity contribution in [3.63, 3.8) is 0 Å². The van der Waals surface area contributed by atoms with Crippen LogP contribution in [0, 0.1) is 0 Å². The molecule has 18 heteroatoms. The van der Waals surface area contributed by atoms with Gasteiger partial charge in [0, 0.05) is 31.8 Å². The molecule has 3 rings (SSSR count). The van der Waals surface area contributed by atoms with Gasteiger partial charge in [-0.2, -0.15) is 24.7 Å². The van der Waals surface area contributed by atoms with Crippen LogP contribution in [0.1, 0.15) is 13.3 Å². The number of thioether (sulfide) groups is 1.